The first-order chi connectivity index (χ1) is 13.5. The first-order valence-corrected chi connectivity index (χ1v) is 9.33. The molecular weight excluding hydrogens is 358 g/mol. The number of aromatic nitrogens is 2. The second-order valence-electron chi connectivity index (χ2n) is 6.70. The molecule has 1 aliphatic heterocycles. The molecular formula is C20H25N5O3. The van der Waals surface area contributed by atoms with E-state index in [4.69, 9.17) is 4.74 Å². The quantitative estimate of drug-likeness (QED) is 0.791. The van der Waals surface area contributed by atoms with Crippen LogP contribution in [0.25, 0.3) is 0 Å². The predicted octanol–water partition coefficient (Wildman–Crippen LogP) is 2.09. The van der Waals surface area contributed by atoms with E-state index in [9.17, 15) is 9.59 Å². The molecule has 0 bridgehead atoms. The van der Waals surface area contributed by atoms with Gasteiger partial charge in [-0.25, -0.2) is 14.8 Å². The molecule has 1 amide bonds. The first-order valence-electron chi connectivity index (χ1n) is 9.33. The summed E-state index contributed by atoms with van der Waals surface area (Å²) in [5.41, 5.74) is 1.63. The average Bonchev–Trinajstić information content (AvgIpc) is 2.69. The Bertz CT molecular complexity index is 845. The molecule has 1 N–H and O–H groups in total. The van der Waals surface area contributed by atoms with E-state index in [0.717, 1.165) is 31.9 Å². The van der Waals surface area contributed by atoms with Crippen molar-refractivity contribution in [3.63, 3.8) is 0 Å². The highest BCUT2D eigenvalue weighted by Gasteiger charge is 2.20. The molecule has 0 saturated carbocycles. The fourth-order valence-corrected chi connectivity index (χ4v) is 2.95. The van der Waals surface area contributed by atoms with E-state index in [2.05, 4.69) is 27.2 Å². The van der Waals surface area contributed by atoms with E-state index in [0.29, 0.717) is 17.2 Å². The van der Waals surface area contributed by atoms with Gasteiger partial charge in [-0.1, -0.05) is 0 Å². The van der Waals surface area contributed by atoms with Crippen LogP contribution in [0, 0.1) is 6.92 Å². The van der Waals surface area contributed by atoms with Gasteiger partial charge in [0.05, 0.1) is 6.61 Å². The van der Waals surface area contributed by atoms with Crippen LogP contribution in [0.15, 0.2) is 30.5 Å². The first kappa shape index (κ1) is 19.8. The number of rotatable bonds is 5. The summed E-state index contributed by atoms with van der Waals surface area (Å²) >= 11 is 0. The number of carbonyl (C=O) groups is 2. The summed E-state index contributed by atoms with van der Waals surface area (Å²) in [6.07, 6.45) is 1.45. The van der Waals surface area contributed by atoms with Crippen LogP contribution >= 0.6 is 0 Å². The summed E-state index contributed by atoms with van der Waals surface area (Å²) in [6, 6.07) is 7.16. The van der Waals surface area contributed by atoms with Gasteiger partial charge in [0.15, 0.2) is 0 Å². The van der Waals surface area contributed by atoms with Gasteiger partial charge in [0.1, 0.15) is 17.2 Å². The van der Waals surface area contributed by atoms with E-state index in [-0.39, 0.29) is 18.1 Å². The number of nitrogens with one attached hydrogen (secondary N) is 1. The Morgan fingerprint density at radius 2 is 1.82 bits per heavy atom. The lowest BCUT2D eigenvalue weighted by atomic mass is 10.1. The number of anilines is 2. The van der Waals surface area contributed by atoms with Crippen LogP contribution in [0.2, 0.25) is 0 Å². The number of aryl methyl sites for hydroxylation is 1. The van der Waals surface area contributed by atoms with E-state index in [1.54, 1.807) is 38.1 Å². The van der Waals surface area contributed by atoms with Crippen molar-refractivity contribution in [2.45, 2.75) is 13.8 Å². The molecule has 2 aromatic rings. The number of esters is 1. The van der Waals surface area contributed by atoms with Crippen molar-refractivity contribution >= 4 is 23.4 Å². The smallest absolute Gasteiger partial charge is 0.343 e. The summed E-state index contributed by atoms with van der Waals surface area (Å²) in [4.78, 5) is 37.2. The maximum Gasteiger partial charge on any atom is 0.343 e. The molecule has 1 aromatic carbocycles. The number of piperazine rings is 1. The third-order valence-corrected chi connectivity index (χ3v) is 4.59. The highest BCUT2D eigenvalue weighted by Crippen LogP contribution is 2.20. The van der Waals surface area contributed by atoms with Gasteiger partial charge in [-0.05, 0) is 45.2 Å². The normalized spacial score (nSPS) is 14.6. The number of nitrogens with zero attached hydrogens (tertiary/aromatic N) is 4. The number of carbonyl (C=O) groups excluding carboxylic acids is 2. The Hall–Kier alpha value is -3.00. The molecule has 0 aliphatic carbocycles. The summed E-state index contributed by atoms with van der Waals surface area (Å²) in [7, 11) is 2.06. The van der Waals surface area contributed by atoms with E-state index in [1.165, 1.54) is 6.20 Å². The maximum atomic E-state index is 12.6. The van der Waals surface area contributed by atoms with Crippen molar-refractivity contribution in [1.29, 1.82) is 0 Å². The van der Waals surface area contributed by atoms with Crippen molar-refractivity contribution in [3.05, 3.63) is 47.4 Å². The molecule has 0 radical (unpaired) electrons. The third kappa shape index (κ3) is 4.64. The second kappa shape index (κ2) is 8.79. The lowest BCUT2D eigenvalue weighted by Crippen LogP contribution is -2.47. The van der Waals surface area contributed by atoms with Crippen molar-refractivity contribution in [2.24, 2.45) is 0 Å². The number of ether oxygens (including phenoxy) is 1. The number of benzene rings is 1. The molecule has 1 fully saturated rings. The van der Waals surface area contributed by atoms with Crippen LogP contribution in [-0.2, 0) is 4.74 Å². The van der Waals surface area contributed by atoms with E-state index >= 15 is 0 Å². The van der Waals surface area contributed by atoms with E-state index < -0.39 is 5.97 Å². The zero-order valence-corrected chi connectivity index (χ0v) is 16.4. The molecule has 0 unspecified atom stereocenters. The molecule has 1 saturated heterocycles. The maximum absolute atomic E-state index is 12.6. The zero-order valence-electron chi connectivity index (χ0n) is 16.4. The molecule has 3 rings (SSSR count). The monoisotopic (exact) mass is 383 g/mol. The van der Waals surface area contributed by atoms with Crippen LogP contribution in [0.4, 0.5) is 11.5 Å². The Labute approximate surface area is 164 Å². The lowest BCUT2D eigenvalue weighted by molar-refractivity contribution is 0.0526. The fraction of sp³-hybridized carbons (Fsp3) is 0.400. The minimum Gasteiger partial charge on any atom is -0.462 e. The van der Waals surface area contributed by atoms with Gasteiger partial charge in [0, 0.05) is 43.6 Å². The van der Waals surface area contributed by atoms with Crippen LogP contribution in [0.1, 0.15) is 33.5 Å². The van der Waals surface area contributed by atoms with Crippen LogP contribution in [0.3, 0.4) is 0 Å². The van der Waals surface area contributed by atoms with E-state index in [1.807, 2.05) is 4.90 Å². The molecule has 1 aliphatic rings. The lowest BCUT2D eigenvalue weighted by Gasteiger charge is -2.32. The van der Waals surface area contributed by atoms with Crippen molar-refractivity contribution < 1.29 is 14.3 Å². The van der Waals surface area contributed by atoms with Gasteiger partial charge in [-0.3, -0.25) is 4.79 Å². The van der Waals surface area contributed by atoms with Crippen LogP contribution in [0.5, 0.6) is 0 Å². The van der Waals surface area contributed by atoms with Crippen molar-refractivity contribution in [3.8, 4) is 0 Å². The summed E-state index contributed by atoms with van der Waals surface area (Å²) in [5, 5.41) is 3.12. The van der Waals surface area contributed by atoms with Gasteiger partial charge in [0.2, 0.25) is 0 Å². The van der Waals surface area contributed by atoms with Crippen LogP contribution < -0.4 is 5.32 Å². The Morgan fingerprint density at radius 1 is 1.14 bits per heavy atom. The summed E-state index contributed by atoms with van der Waals surface area (Å²) < 4.78 is 5.06. The molecule has 28 heavy (non-hydrogen) atoms. The summed E-state index contributed by atoms with van der Waals surface area (Å²) in [6.45, 7) is 7.00. The van der Waals surface area contributed by atoms with Gasteiger partial charge in [0.25, 0.3) is 5.91 Å². The Balaban J connectivity index is 1.73. The van der Waals surface area contributed by atoms with Crippen molar-refractivity contribution in [1.82, 2.24) is 19.8 Å². The molecule has 8 heteroatoms. The third-order valence-electron chi connectivity index (χ3n) is 4.59. The minimum absolute atomic E-state index is 0.0322. The number of likely N-dealkylation sites (N-methyl/N-ethyl adjacent to an activating group) is 1. The number of hydrogen-bond donors (Lipinski definition) is 1. The molecule has 0 atom stereocenters. The van der Waals surface area contributed by atoms with Crippen molar-refractivity contribution in [2.75, 3.05) is 45.2 Å². The highest BCUT2D eigenvalue weighted by atomic mass is 16.5. The standard InChI is InChI=1S/C20H25N5O3/c1-4-28-20(27)17-13-21-14(2)22-18(17)23-16-7-5-15(6-8-16)19(26)25-11-9-24(3)10-12-25/h5-8,13H,4,9-12H2,1-3H3,(H,21,22,23). The van der Waals surface area contributed by atoms with Gasteiger partial charge in [-0.15, -0.1) is 0 Å². The molecule has 8 nitrogen and oxygen atoms in total. The SMILES string of the molecule is CCOC(=O)c1cnc(C)nc1Nc1ccc(C(=O)N2CCN(C)CC2)cc1. The minimum atomic E-state index is -0.480. The summed E-state index contributed by atoms with van der Waals surface area (Å²) in [5.74, 6) is 0.470. The number of hydrogen-bond acceptors (Lipinski definition) is 7. The predicted molar refractivity (Wildman–Crippen MR) is 106 cm³/mol. The number of amides is 1. The highest BCUT2D eigenvalue weighted by molar-refractivity contribution is 5.96. The van der Waals surface area contributed by atoms with Gasteiger partial charge in [-0.2, -0.15) is 0 Å². The van der Waals surface area contributed by atoms with Crippen LogP contribution in [-0.4, -0.2) is 71.5 Å². The molecule has 1 aromatic heterocycles. The largest absolute Gasteiger partial charge is 0.462 e. The second-order valence-corrected chi connectivity index (χ2v) is 6.70. The Morgan fingerprint density at radius 3 is 2.46 bits per heavy atom. The zero-order chi connectivity index (χ0) is 20.1. The topological polar surface area (TPSA) is 87.7 Å². The molecule has 2 heterocycles. The Kier molecular flexibility index (Phi) is 6.20. The molecule has 148 valence electrons. The molecule has 0 spiro atoms. The fourth-order valence-electron chi connectivity index (χ4n) is 2.95. The van der Waals surface area contributed by atoms with Gasteiger partial charge < -0.3 is 19.9 Å². The average molecular weight is 383 g/mol. The van der Waals surface area contributed by atoms with Gasteiger partial charge >= 0.3 is 5.97 Å².